The summed E-state index contributed by atoms with van der Waals surface area (Å²) in [4.78, 5) is 31.0. The second-order valence-corrected chi connectivity index (χ2v) is 8.06. The van der Waals surface area contributed by atoms with Crippen LogP contribution in [0.15, 0.2) is 37.4 Å². The second kappa shape index (κ2) is 9.45. The quantitative estimate of drug-likeness (QED) is 0.271. The maximum atomic E-state index is 12.5. The Labute approximate surface area is 185 Å². The largest absolute Gasteiger partial charge is 0.507 e. The van der Waals surface area contributed by atoms with Gasteiger partial charge < -0.3 is 19.5 Å². The van der Waals surface area contributed by atoms with Crippen LogP contribution in [0.5, 0.6) is 5.75 Å². The highest BCUT2D eigenvalue weighted by atomic mass is 79.9. The fourth-order valence-corrected chi connectivity index (χ4v) is 3.23. The van der Waals surface area contributed by atoms with E-state index >= 15 is 0 Å². The third kappa shape index (κ3) is 5.21. The maximum Gasteiger partial charge on any atom is 0.329 e. The molecule has 0 bridgehead atoms. The van der Waals surface area contributed by atoms with E-state index in [9.17, 15) is 19.8 Å². The lowest BCUT2D eigenvalue weighted by Crippen LogP contribution is -2.30. The zero-order chi connectivity index (χ0) is 22.7. The number of nitrogens with one attached hydrogen (secondary N) is 2. The predicted octanol–water partition coefficient (Wildman–Crippen LogP) is 1.12. The number of aromatic amines is 1. The number of fused-ring (bicyclic) bond motifs is 1. The fraction of sp³-hybridized carbons (Fsp3) is 0.368. The van der Waals surface area contributed by atoms with Crippen LogP contribution >= 0.6 is 15.9 Å². The normalized spacial score (nSPS) is 12.8. The van der Waals surface area contributed by atoms with Crippen LogP contribution in [-0.2, 0) is 18.3 Å². The van der Waals surface area contributed by atoms with Crippen molar-refractivity contribution in [2.75, 3.05) is 12.0 Å². The highest BCUT2D eigenvalue weighted by molar-refractivity contribution is 9.10. The van der Waals surface area contributed by atoms with Crippen LogP contribution in [0.25, 0.3) is 11.2 Å². The van der Waals surface area contributed by atoms with E-state index in [0.29, 0.717) is 5.56 Å². The molecule has 0 fully saturated rings. The number of aromatic hydroxyl groups is 1. The summed E-state index contributed by atoms with van der Waals surface area (Å²) in [6, 6.07) is 4.87. The molecule has 0 saturated heterocycles. The second-order valence-electron chi connectivity index (χ2n) is 7.15. The van der Waals surface area contributed by atoms with Crippen LogP contribution in [0, 0.1) is 0 Å². The smallest absolute Gasteiger partial charge is 0.329 e. The van der Waals surface area contributed by atoms with E-state index < -0.39 is 17.4 Å². The van der Waals surface area contributed by atoms with Crippen molar-refractivity contribution in [2.45, 2.75) is 32.6 Å². The zero-order valence-corrected chi connectivity index (χ0v) is 18.8. The molecule has 166 valence electrons. The van der Waals surface area contributed by atoms with Gasteiger partial charge >= 0.3 is 5.69 Å². The third-order valence-electron chi connectivity index (χ3n) is 4.38. The molecule has 31 heavy (non-hydrogen) atoms. The van der Waals surface area contributed by atoms with Crippen LogP contribution in [0.2, 0.25) is 0 Å². The number of halogens is 1. The van der Waals surface area contributed by atoms with Gasteiger partial charge in [-0.1, -0.05) is 15.9 Å². The van der Waals surface area contributed by atoms with E-state index in [0.717, 1.165) is 4.47 Å². The summed E-state index contributed by atoms with van der Waals surface area (Å²) in [6.45, 7) is 3.72. The molecule has 1 atom stereocenters. The van der Waals surface area contributed by atoms with Crippen molar-refractivity contribution in [3.8, 4) is 5.75 Å². The van der Waals surface area contributed by atoms with E-state index in [4.69, 9.17) is 4.74 Å². The number of hydrogen-bond donors (Lipinski definition) is 4. The topological polar surface area (TPSA) is 147 Å². The summed E-state index contributed by atoms with van der Waals surface area (Å²) < 4.78 is 8.82. The van der Waals surface area contributed by atoms with Crippen molar-refractivity contribution >= 4 is 39.3 Å². The summed E-state index contributed by atoms with van der Waals surface area (Å²) in [5, 5.41) is 24.4. The number of hydrazone groups is 1. The minimum atomic E-state index is -0.935. The van der Waals surface area contributed by atoms with Crippen LogP contribution < -0.4 is 16.7 Å². The number of nitrogens with zero attached hydrogens (tertiary/aromatic N) is 4. The van der Waals surface area contributed by atoms with Crippen LogP contribution in [0.4, 0.5) is 5.95 Å². The summed E-state index contributed by atoms with van der Waals surface area (Å²) in [6.07, 6.45) is 0.374. The lowest BCUT2D eigenvalue weighted by molar-refractivity contribution is -0.000105. The number of aryl methyl sites for hydroxylation is 1. The number of aliphatic hydroxyl groups is 1. The number of H-pyrrole nitrogens is 1. The predicted molar refractivity (Wildman–Crippen MR) is 120 cm³/mol. The molecular formula is C19H23BrN6O5. The number of aliphatic hydroxyl groups excluding tert-OH is 1. The molecule has 11 nitrogen and oxygen atoms in total. The monoisotopic (exact) mass is 494 g/mol. The number of anilines is 1. The van der Waals surface area contributed by atoms with Crippen molar-refractivity contribution in [3.05, 3.63) is 49.1 Å². The van der Waals surface area contributed by atoms with Gasteiger partial charge in [0, 0.05) is 17.1 Å². The van der Waals surface area contributed by atoms with Crippen LogP contribution in [0.1, 0.15) is 19.4 Å². The van der Waals surface area contributed by atoms with Gasteiger partial charge in [-0.05, 0) is 32.0 Å². The number of benzene rings is 1. The molecule has 0 aliphatic heterocycles. The fourth-order valence-electron chi connectivity index (χ4n) is 2.85. The van der Waals surface area contributed by atoms with E-state index in [-0.39, 0.29) is 42.1 Å². The van der Waals surface area contributed by atoms with E-state index in [2.05, 4.69) is 36.4 Å². The lowest BCUT2D eigenvalue weighted by Gasteiger charge is -2.15. The first kappa shape index (κ1) is 22.7. The number of phenolic OH excluding ortho intramolecular Hbond substituents is 1. The summed E-state index contributed by atoms with van der Waals surface area (Å²) in [5.74, 6) is 0.165. The van der Waals surface area contributed by atoms with Crippen molar-refractivity contribution in [2.24, 2.45) is 12.1 Å². The van der Waals surface area contributed by atoms with Crippen molar-refractivity contribution in [1.29, 1.82) is 0 Å². The minimum absolute atomic E-state index is 0.0233. The first-order valence-electron chi connectivity index (χ1n) is 9.44. The number of rotatable bonds is 8. The van der Waals surface area contributed by atoms with Gasteiger partial charge in [0.2, 0.25) is 5.95 Å². The van der Waals surface area contributed by atoms with Gasteiger partial charge in [0.1, 0.15) is 5.75 Å². The number of aromatic nitrogens is 4. The Morgan fingerprint density at radius 2 is 2.13 bits per heavy atom. The Bertz CT molecular complexity index is 1230. The number of imidazole rings is 1. The molecule has 0 saturated carbocycles. The standard InChI is InChI=1S/C19H23BrN6O5/c1-10(2)31-9-13(27)8-26-15-16(25(3)19(30)23-17(15)29)22-18(26)24-21-7-11-6-12(20)4-5-14(11)28/h4-7,10,13,27-28H,8-9H2,1-3H3,(H,22,24)(H,23,29,30)/b21-7+/t13-/m1/s1. The molecule has 0 amide bonds. The molecule has 3 rings (SSSR count). The molecule has 1 aromatic carbocycles. The Morgan fingerprint density at radius 3 is 2.84 bits per heavy atom. The Hall–Kier alpha value is -2.96. The van der Waals surface area contributed by atoms with Gasteiger partial charge in [-0.15, -0.1) is 0 Å². The van der Waals surface area contributed by atoms with Gasteiger partial charge in [0.05, 0.1) is 31.6 Å². The average molecular weight is 495 g/mol. The van der Waals surface area contributed by atoms with Crippen LogP contribution in [-0.4, -0.2) is 54.3 Å². The Balaban J connectivity index is 1.99. The maximum absolute atomic E-state index is 12.5. The molecule has 12 heteroatoms. The van der Waals surface area contributed by atoms with Crippen molar-refractivity contribution in [1.82, 2.24) is 19.1 Å². The number of hydrogen-bond acceptors (Lipinski definition) is 8. The molecule has 2 aromatic heterocycles. The van der Waals surface area contributed by atoms with Gasteiger partial charge in [-0.25, -0.2) is 10.2 Å². The molecule has 0 unspecified atom stereocenters. The molecule has 0 aliphatic rings. The van der Waals surface area contributed by atoms with Crippen molar-refractivity contribution < 1.29 is 14.9 Å². The van der Waals surface area contributed by atoms with Gasteiger partial charge in [-0.3, -0.25) is 14.3 Å². The average Bonchev–Trinajstić information content (AvgIpc) is 3.06. The van der Waals surface area contributed by atoms with Gasteiger partial charge in [-0.2, -0.15) is 10.1 Å². The molecule has 2 heterocycles. The molecule has 0 spiro atoms. The van der Waals surface area contributed by atoms with Crippen molar-refractivity contribution in [3.63, 3.8) is 0 Å². The molecule has 4 N–H and O–H groups in total. The Kier molecular flexibility index (Phi) is 6.93. The minimum Gasteiger partial charge on any atom is -0.507 e. The highest BCUT2D eigenvalue weighted by Gasteiger charge is 2.19. The summed E-state index contributed by atoms with van der Waals surface area (Å²) in [5.41, 5.74) is 2.15. The number of phenols is 1. The molecule has 0 radical (unpaired) electrons. The van der Waals surface area contributed by atoms with E-state index in [1.807, 2.05) is 13.8 Å². The van der Waals surface area contributed by atoms with Crippen LogP contribution in [0.3, 0.4) is 0 Å². The van der Waals surface area contributed by atoms with E-state index in [1.54, 1.807) is 12.1 Å². The lowest BCUT2D eigenvalue weighted by atomic mass is 10.2. The van der Waals surface area contributed by atoms with Gasteiger partial charge in [0.15, 0.2) is 11.2 Å². The molecule has 0 aliphatic carbocycles. The molecule has 3 aromatic rings. The number of ether oxygens (including phenoxy) is 1. The first-order valence-corrected chi connectivity index (χ1v) is 10.2. The van der Waals surface area contributed by atoms with Gasteiger partial charge in [0.25, 0.3) is 5.56 Å². The summed E-state index contributed by atoms with van der Waals surface area (Å²) >= 11 is 3.32. The molecular weight excluding hydrogens is 472 g/mol. The highest BCUT2D eigenvalue weighted by Crippen LogP contribution is 2.20. The SMILES string of the molecule is CC(C)OC[C@H](O)Cn1c(N/N=C/c2cc(Br)ccc2O)nc2c1c(=O)[nH]c(=O)n2C. The van der Waals surface area contributed by atoms with E-state index in [1.165, 1.54) is 28.5 Å². The Morgan fingerprint density at radius 1 is 1.39 bits per heavy atom. The first-order chi connectivity index (χ1) is 14.7. The zero-order valence-electron chi connectivity index (χ0n) is 17.2. The summed E-state index contributed by atoms with van der Waals surface area (Å²) in [7, 11) is 1.48. The third-order valence-corrected chi connectivity index (χ3v) is 4.87.